The summed E-state index contributed by atoms with van der Waals surface area (Å²) >= 11 is 0. The molecule has 1 aromatic carbocycles. The van der Waals surface area contributed by atoms with Crippen LogP contribution in [0.5, 0.6) is 5.75 Å². The van der Waals surface area contributed by atoms with E-state index in [1.807, 2.05) is 31.2 Å². The molecule has 27 heavy (non-hydrogen) atoms. The molecule has 7 heteroatoms. The summed E-state index contributed by atoms with van der Waals surface area (Å²) in [5.74, 6) is 3.22. The highest BCUT2D eigenvalue weighted by atomic mass is 127. The van der Waals surface area contributed by atoms with Crippen molar-refractivity contribution in [1.29, 1.82) is 0 Å². The number of guanidine groups is 1. The highest BCUT2D eigenvalue weighted by Crippen LogP contribution is 2.30. The molecule has 0 atom stereocenters. The zero-order valence-electron chi connectivity index (χ0n) is 16.0. The van der Waals surface area contributed by atoms with Crippen molar-refractivity contribution in [2.45, 2.75) is 46.2 Å². The van der Waals surface area contributed by atoms with Crippen LogP contribution in [0.1, 0.15) is 43.7 Å². The molecule has 2 aromatic rings. The smallest absolute Gasteiger partial charge is 0.191 e. The molecule has 1 heterocycles. The predicted octanol–water partition coefficient (Wildman–Crippen LogP) is 3.90. The van der Waals surface area contributed by atoms with E-state index in [0.717, 1.165) is 54.2 Å². The number of aryl methyl sites for hydroxylation is 1. The normalized spacial score (nSPS) is 13.8. The first kappa shape index (κ1) is 21.5. The van der Waals surface area contributed by atoms with Crippen LogP contribution >= 0.6 is 24.0 Å². The van der Waals surface area contributed by atoms with Gasteiger partial charge in [0.1, 0.15) is 5.75 Å². The van der Waals surface area contributed by atoms with Crippen molar-refractivity contribution >= 4 is 29.9 Å². The number of hydrogen-bond donors (Lipinski definition) is 2. The highest BCUT2D eigenvalue weighted by molar-refractivity contribution is 14.0. The van der Waals surface area contributed by atoms with Crippen LogP contribution in [0.2, 0.25) is 0 Å². The summed E-state index contributed by atoms with van der Waals surface area (Å²) in [6, 6.07) is 10.1. The number of ether oxygens (including phenoxy) is 1. The molecule has 0 unspecified atom stereocenters. The van der Waals surface area contributed by atoms with Crippen molar-refractivity contribution in [2.24, 2.45) is 10.9 Å². The van der Waals surface area contributed by atoms with Gasteiger partial charge in [-0.05, 0) is 38.2 Å². The van der Waals surface area contributed by atoms with Crippen molar-refractivity contribution in [3.05, 3.63) is 47.3 Å². The van der Waals surface area contributed by atoms with Crippen LogP contribution in [0.3, 0.4) is 0 Å². The third-order valence-electron chi connectivity index (χ3n) is 4.30. The Bertz CT molecular complexity index is 728. The average Bonchev–Trinajstić information content (AvgIpc) is 3.39. The van der Waals surface area contributed by atoms with E-state index >= 15 is 0 Å². The van der Waals surface area contributed by atoms with Crippen LogP contribution in [0.4, 0.5) is 0 Å². The van der Waals surface area contributed by atoms with Gasteiger partial charge < -0.3 is 19.9 Å². The van der Waals surface area contributed by atoms with Crippen molar-refractivity contribution < 1.29 is 9.26 Å². The Morgan fingerprint density at radius 3 is 2.78 bits per heavy atom. The third-order valence-corrected chi connectivity index (χ3v) is 4.30. The SMILES string of the molecule is CCNC(=NCc1ccccc1OCC1CC1)NCc1cc(CC)no1.I. The van der Waals surface area contributed by atoms with E-state index in [-0.39, 0.29) is 24.0 Å². The maximum absolute atomic E-state index is 5.96. The largest absolute Gasteiger partial charge is 0.493 e. The second kappa shape index (κ2) is 11.2. The second-order valence-electron chi connectivity index (χ2n) is 6.55. The third kappa shape index (κ3) is 7.04. The summed E-state index contributed by atoms with van der Waals surface area (Å²) < 4.78 is 11.3. The number of nitrogens with one attached hydrogen (secondary N) is 2. The second-order valence-corrected chi connectivity index (χ2v) is 6.55. The van der Waals surface area contributed by atoms with Crippen LogP contribution in [-0.4, -0.2) is 24.3 Å². The summed E-state index contributed by atoms with van der Waals surface area (Å²) in [5, 5.41) is 10.6. The minimum Gasteiger partial charge on any atom is -0.493 e. The number of aliphatic imine (C=N–C) groups is 1. The lowest BCUT2D eigenvalue weighted by molar-refractivity contribution is 0.297. The molecular weight excluding hydrogens is 455 g/mol. The first-order chi connectivity index (χ1) is 12.8. The zero-order chi connectivity index (χ0) is 18.2. The highest BCUT2D eigenvalue weighted by Gasteiger charge is 2.22. The lowest BCUT2D eigenvalue weighted by Gasteiger charge is -2.12. The zero-order valence-corrected chi connectivity index (χ0v) is 18.4. The van der Waals surface area contributed by atoms with Gasteiger partial charge in [0.25, 0.3) is 0 Å². The standard InChI is InChI=1S/C20H28N4O2.HI/c1-3-17-11-18(26-24-17)13-23-20(21-4-2)22-12-16-7-5-6-8-19(16)25-14-15-9-10-15;/h5-8,11,15H,3-4,9-10,12-14H2,1-2H3,(H2,21,22,23);1H. The van der Waals surface area contributed by atoms with Crippen molar-refractivity contribution in [3.8, 4) is 5.75 Å². The minimum atomic E-state index is 0. The van der Waals surface area contributed by atoms with Crippen LogP contribution in [0.25, 0.3) is 0 Å². The molecule has 3 rings (SSSR count). The van der Waals surface area contributed by atoms with Gasteiger partial charge in [-0.1, -0.05) is 30.3 Å². The maximum Gasteiger partial charge on any atom is 0.191 e. The van der Waals surface area contributed by atoms with Crippen molar-refractivity contribution in [1.82, 2.24) is 15.8 Å². The lowest BCUT2D eigenvalue weighted by Crippen LogP contribution is -2.36. The summed E-state index contributed by atoms with van der Waals surface area (Å²) in [4.78, 5) is 4.68. The number of aromatic nitrogens is 1. The number of para-hydroxylation sites is 1. The van der Waals surface area contributed by atoms with E-state index < -0.39 is 0 Å². The summed E-state index contributed by atoms with van der Waals surface area (Å²) in [7, 11) is 0. The Balaban J connectivity index is 0.00000261. The molecule has 0 bridgehead atoms. The van der Waals surface area contributed by atoms with Gasteiger partial charge in [-0.3, -0.25) is 0 Å². The fourth-order valence-electron chi connectivity index (χ4n) is 2.55. The number of rotatable bonds is 9. The van der Waals surface area contributed by atoms with E-state index in [2.05, 4.69) is 33.8 Å². The Kier molecular flexibility index (Phi) is 8.90. The van der Waals surface area contributed by atoms with Gasteiger partial charge in [-0.2, -0.15) is 0 Å². The fourth-order valence-corrected chi connectivity index (χ4v) is 2.55. The first-order valence-electron chi connectivity index (χ1n) is 9.45. The first-order valence-corrected chi connectivity index (χ1v) is 9.45. The van der Waals surface area contributed by atoms with E-state index in [4.69, 9.17) is 9.26 Å². The summed E-state index contributed by atoms with van der Waals surface area (Å²) in [6.45, 7) is 6.83. The Morgan fingerprint density at radius 1 is 1.26 bits per heavy atom. The molecule has 6 nitrogen and oxygen atoms in total. The van der Waals surface area contributed by atoms with Gasteiger partial charge in [0, 0.05) is 18.2 Å². The van der Waals surface area contributed by atoms with Gasteiger partial charge in [-0.25, -0.2) is 4.99 Å². The van der Waals surface area contributed by atoms with Crippen molar-refractivity contribution in [2.75, 3.05) is 13.2 Å². The number of benzene rings is 1. The van der Waals surface area contributed by atoms with E-state index in [1.165, 1.54) is 12.8 Å². The Hall–Kier alpha value is -1.77. The quantitative estimate of drug-likeness (QED) is 0.321. The number of nitrogens with zero attached hydrogens (tertiary/aromatic N) is 2. The van der Waals surface area contributed by atoms with Crippen molar-refractivity contribution in [3.63, 3.8) is 0 Å². The maximum atomic E-state index is 5.96. The molecule has 1 saturated carbocycles. The van der Waals surface area contributed by atoms with Gasteiger partial charge >= 0.3 is 0 Å². The number of hydrogen-bond acceptors (Lipinski definition) is 4. The Morgan fingerprint density at radius 2 is 2.07 bits per heavy atom. The molecule has 2 N–H and O–H groups in total. The molecule has 148 valence electrons. The van der Waals surface area contributed by atoms with Gasteiger partial charge in [0.15, 0.2) is 11.7 Å². The molecule has 0 aliphatic heterocycles. The molecule has 0 radical (unpaired) electrons. The van der Waals surface area contributed by atoms with Crippen LogP contribution < -0.4 is 15.4 Å². The lowest BCUT2D eigenvalue weighted by atomic mass is 10.2. The topological polar surface area (TPSA) is 71.7 Å². The van der Waals surface area contributed by atoms with E-state index in [9.17, 15) is 0 Å². The minimum absolute atomic E-state index is 0. The average molecular weight is 484 g/mol. The van der Waals surface area contributed by atoms with Gasteiger partial charge in [-0.15, -0.1) is 24.0 Å². The number of halogens is 1. The van der Waals surface area contributed by atoms with E-state index in [1.54, 1.807) is 0 Å². The van der Waals surface area contributed by atoms with Crippen LogP contribution in [-0.2, 0) is 19.5 Å². The van der Waals surface area contributed by atoms with Gasteiger partial charge in [0.2, 0.25) is 0 Å². The molecule has 0 spiro atoms. The summed E-state index contributed by atoms with van der Waals surface area (Å²) in [6.07, 6.45) is 3.45. The molecule has 0 saturated heterocycles. The molecule has 1 aliphatic rings. The molecule has 0 amide bonds. The van der Waals surface area contributed by atoms with Crippen LogP contribution in [0, 0.1) is 5.92 Å². The van der Waals surface area contributed by atoms with Crippen LogP contribution in [0.15, 0.2) is 39.8 Å². The molecule has 1 aromatic heterocycles. The summed E-state index contributed by atoms with van der Waals surface area (Å²) in [5.41, 5.74) is 2.06. The van der Waals surface area contributed by atoms with Gasteiger partial charge in [0.05, 0.1) is 25.4 Å². The Labute approximate surface area is 178 Å². The molecule has 1 fully saturated rings. The van der Waals surface area contributed by atoms with E-state index in [0.29, 0.717) is 13.1 Å². The predicted molar refractivity (Wildman–Crippen MR) is 118 cm³/mol. The molecule has 1 aliphatic carbocycles. The monoisotopic (exact) mass is 484 g/mol. The molecular formula is C20H29IN4O2. The fraction of sp³-hybridized carbons (Fsp3) is 0.500.